The van der Waals surface area contributed by atoms with Crippen molar-refractivity contribution in [3.05, 3.63) is 64.0 Å². The molecule has 0 saturated carbocycles. The summed E-state index contributed by atoms with van der Waals surface area (Å²) in [5.41, 5.74) is 1.18. The zero-order valence-electron chi connectivity index (χ0n) is 14.1. The number of rotatable bonds is 3. The van der Waals surface area contributed by atoms with Gasteiger partial charge in [-0.2, -0.15) is 0 Å². The zero-order chi connectivity index (χ0) is 18.1. The van der Waals surface area contributed by atoms with Gasteiger partial charge in [-0.25, -0.2) is 0 Å². The number of hydrogen-bond donors (Lipinski definition) is 0. The molecule has 2 aromatic carbocycles. The van der Waals surface area contributed by atoms with Gasteiger partial charge in [-0.05, 0) is 31.5 Å². The maximum Gasteiger partial charge on any atom is 0.308 e. The second-order valence-electron chi connectivity index (χ2n) is 5.69. The van der Waals surface area contributed by atoms with E-state index in [9.17, 15) is 14.4 Å². The number of carbonyl (C=O) groups is 2. The number of benzene rings is 2. The average Bonchev–Trinajstić information content (AvgIpc) is 2.54. The SMILES string of the molecule is CC(=O)Oc1ccc2c(=O)c(-c3ccccc3)c(C)oc2c1C(C)=O. The van der Waals surface area contributed by atoms with Crippen LogP contribution >= 0.6 is 0 Å². The van der Waals surface area contributed by atoms with Crippen LogP contribution in [0.15, 0.2) is 51.7 Å². The van der Waals surface area contributed by atoms with E-state index in [1.54, 1.807) is 6.92 Å². The lowest BCUT2D eigenvalue weighted by Gasteiger charge is -2.12. The van der Waals surface area contributed by atoms with Gasteiger partial charge in [0.25, 0.3) is 0 Å². The first kappa shape index (κ1) is 16.6. The van der Waals surface area contributed by atoms with Crippen molar-refractivity contribution >= 4 is 22.7 Å². The fraction of sp³-hybridized carbons (Fsp3) is 0.150. The molecule has 0 saturated heterocycles. The molecule has 3 aromatic rings. The summed E-state index contributed by atoms with van der Waals surface area (Å²) in [6.07, 6.45) is 0. The van der Waals surface area contributed by atoms with Crippen molar-refractivity contribution < 1.29 is 18.7 Å². The zero-order valence-corrected chi connectivity index (χ0v) is 14.1. The molecule has 5 heteroatoms. The molecule has 126 valence electrons. The summed E-state index contributed by atoms with van der Waals surface area (Å²) in [5.74, 6) is -0.424. The molecule has 0 radical (unpaired) electrons. The Balaban J connectivity index is 2.37. The van der Waals surface area contributed by atoms with Crippen LogP contribution in [0.5, 0.6) is 5.75 Å². The summed E-state index contributed by atoms with van der Waals surface area (Å²) in [5, 5.41) is 0.269. The van der Waals surface area contributed by atoms with Gasteiger partial charge < -0.3 is 9.15 Å². The van der Waals surface area contributed by atoms with E-state index >= 15 is 0 Å². The fourth-order valence-electron chi connectivity index (χ4n) is 2.86. The molecule has 0 spiro atoms. The van der Waals surface area contributed by atoms with E-state index in [4.69, 9.17) is 9.15 Å². The predicted octanol–water partition coefficient (Wildman–Crippen LogP) is 3.90. The third-order valence-corrected chi connectivity index (χ3v) is 3.87. The van der Waals surface area contributed by atoms with Gasteiger partial charge in [0.15, 0.2) is 11.4 Å². The highest BCUT2D eigenvalue weighted by atomic mass is 16.5. The van der Waals surface area contributed by atoms with Gasteiger partial charge in [-0.1, -0.05) is 30.3 Å². The Kier molecular flexibility index (Phi) is 4.23. The number of hydrogen-bond acceptors (Lipinski definition) is 5. The van der Waals surface area contributed by atoms with Gasteiger partial charge in [-0.15, -0.1) is 0 Å². The quantitative estimate of drug-likeness (QED) is 0.412. The maximum atomic E-state index is 13.0. The second kappa shape index (κ2) is 6.36. The first-order chi connectivity index (χ1) is 11.9. The predicted molar refractivity (Wildman–Crippen MR) is 94.0 cm³/mol. The molecular weight excluding hydrogens is 320 g/mol. The van der Waals surface area contributed by atoms with Gasteiger partial charge >= 0.3 is 5.97 Å². The molecule has 25 heavy (non-hydrogen) atoms. The Labute approximate surface area is 143 Å². The van der Waals surface area contributed by atoms with Crippen molar-refractivity contribution in [3.8, 4) is 16.9 Å². The van der Waals surface area contributed by atoms with Crippen molar-refractivity contribution in [1.29, 1.82) is 0 Å². The molecule has 0 fully saturated rings. The van der Waals surface area contributed by atoms with Crippen LogP contribution in [0.4, 0.5) is 0 Å². The van der Waals surface area contributed by atoms with Crippen LogP contribution in [-0.2, 0) is 4.79 Å². The Bertz CT molecular complexity index is 1050. The van der Waals surface area contributed by atoms with Gasteiger partial charge in [0.05, 0.1) is 10.9 Å². The molecule has 1 heterocycles. The molecule has 0 aliphatic carbocycles. The van der Waals surface area contributed by atoms with E-state index in [1.807, 2.05) is 30.3 Å². The number of ether oxygens (including phenoxy) is 1. The Morgan fingerprint density at radius 1 is 1.00 bits per heavy atom. The van der Waals surface area contributed by atoms with Crippen LogP contribution in [0.3, 0.4) is 0 Å². The van der Waals surface area contributed by atoms with E-state index in [0.29, 0.717) is 11.3 Å². The third-order valence-electron chi connectivity index (χ3n) is 3.87. The van der Waals surface area contributed by atoms with E-state index in [2.05, 4.69) is 0 Å². The summed E-state index contributed by atoms with van der Waals surface area (Å²) < 4.78 is 10.9. The Morgan fingerprint density at radius 3 is 2.28 bits per heavy atom. The molecular formula is C20H16O5. The lowest BCUT2D eigenvalue weighted by molar-refractivity contribution is -0.131. The van der Waals surface area contributed by atoms with E-state index in [0.717, 1.165) is 5.56 Å². The molecule has 0 N–H and O–H groups in total. The minimum absolute atomic E-state index is 0.0857. The van der Waals surface area contributed by atoms with Crippen molar-refractivity contribution in [3.63, 3.8) is 0 Å². The smallest absolute Gasteiger partial charge is 0.308 e. The lowest BCUT2D eigenvalue weighted by atomic mass is 10.00. The number of fused-ring (bicyclic) bond motifs is 1. The molecule has 5 nitrogen and oxygen atoms in total. The Morgan fingerprint density at radius 2 is 1.68 bits per heavy atom. The number of carbonyl (C=O) groups excluding carboxylic acids is 2. The minimum atomic E-state index is -0.554. The van der Waals surface area contributed by atoms with Crippen molar-refractivity contribution in [1.82, 2.24) is 0 Å². The van der Waals surface area contributed by atoms with Crippen LogP contribution in [0, 0.1) is 6.92 Å². The molecule has 0 atom stereocenters. The molecule has 0 unspecified atom stereocenters. The van der Waals surface area contributed by atoms with E-state index < -0.39 is 5.97 Å². The van der Waals surface area contributed by atoms with Crippen LogP contribution in [0.2, 0.25) is 0 Å². The average molecular weight is 336 g/mol. The highest BCUT2D eigenvalue weighted by Gasteiger charge is 2.21. The molecule has 0 aliphatic heterocycles. The van der Waals surface area contributed by atoms with Gasteiger partial charge in [0, 0.05) is 6.92 Å². The third kappa shape index (κ3) is 2.96. The van der Waals surface area contributed by atoms with Gasteiger partial charge in [0.2, 0.25) is 5.43 Å². The van der Waals surface area contributed by atoms with Crippen molar-refractivity contribution in [2.45, 2.75) is 20.8 Å². The summed E-state index contributed by atoms with van der Waals surface area (Å²) in [6.45, 7) is 4.25. The first-order valence-corrected chi connectivity index (χ1v) is 7.75. The molecule has 0 bridgehead atoms. The van der Waals surface area contributed by atoms with Gasteiger partial charge in [0.1, 0.15) is 17.1 Å². The summed E-state index contributed by atoms with van der Waals surface area (Å²) in [7, 11) is 0. The van der Waals surface area contributed by atoms with E-state index in [1.165, 1.54) is 26.0 Å². The number of aryl methyl sites for hydroxylation is 1. The number of Topliss-reactive ketones (excluding diaryl/α,β-unsaturated/α-hetero) is 1. The van der Waals surface area contributed by atoms with Crippen LogP contribution in [0.25, 0.3) is 22.1 Å². The lowest BCUT2D eigenvalue weighted by Crippen LogP contribution is -2.12. The largest absolute Gasteiger partial charge is 0.460 e. The summed E-state index contributed by atoms with van der Waals surface area (Å²) >= 11 is 0. The maximum absolute atomic E-state index is 13.0. The van der Waals surface area contributed by atoms with E-state index in [-0.39, 0.29) is 33.5 Å². The summed E-state index contributed by atoms with van der Waals surface area (Å²) in [6, 6.07) is 12.1. The molecule has 1 aromatic heterocycles. The standard InChI is InChI=1S/C20H16O5/c1-11(21)17-16(25-13(3)22)10-9-15-19(23)18(12(2)24-20(15)17)14-7-5-4-6-8-14/h4-10H,1-3H3. The van der Waals surface area contributed by atoms with Gasteiger partial charge in [-0.3, -0.25) is 14.4 Å². The van der Waals surface area contributed by atoms with Crippen molar-refractivity contribution in [2.75, 3.05) is 0 Å². The van der Waals surface area contributed by atoms with Crippen LogP contribution in [0.1, 0.15) is 30.0 Å². The number of ketones is 1. The normalized spacial score (nSPS) is 10.7. The number of esters is 1. The minimum Gasteiger partial charge on any atom is -0.460 e. The van der Waals surface area contributed by atoms with Crippen molar-refractivity contribution in [2.24, 2.45) is 0 Å². The molecule has 0 aliphatic rings. The molecule has 3 rings (SSSR count). The van der Waals surface area contributed by atoms with Crippen LogP contribution < -0.4 is 10.2 Å². The van der Waals surface area contributed by atoms with Crippen LogP contribution in [-0.4, -0.2) is 11.8 Å². The second-order valence-corrected chi connectivity index (χ2v) is 5.69. The monoisotopic (exact) mass is 336 g/mol. The topological polar surface area (TPSA) is 73.6 Å². The highest BCUT2D eigenvalue weighted by molar-refractivity contribution is 6.08. The highest BCUT2D eigenvalue weighted by Crippen LogP contribution is 2.31. The molecule has 0 amide bonds. The fourth-order valence-corrected chi connectivity index (χ4v) is 2.86. The Hall–Kier alpha value is -3.21. The first-order valence-electron chi connectivity index (χ1n) is 7.75. The summed E-state index contributed by atoms with van der Waals surface area (Å²) in [4.78, 5) is 36.3.